The lowest BCUT2D eigenvalue weighted by Gasteiger charge is -2.05. The number of aromatic nitrogens is 1. The summed E-state index contributed by atoms with van der Waals surface area (Å²) in [4.78, 5) is 11.5. The fourth-order valence-corrected chi connectivity index (χ4v) is 1.76. The number of aryl methyl sites for hydroxylation is 1. The summed E-state index contributed by atoms with van der Waals surface area (Å²) in [6, 6.07) is 7.91. The summed E-state index contributed by atoms with van der Waals surface area (Å²) < 4.78 is 15.2. The molecule has 0 bridgehead atoms. The van der Waals surface area contributed by atoms with E-state index in [1.54, 1.807) is 31.4 Å². The molecule has 0 fully saturated rings. The van der Waals surface area contributed by atoms with E-state index in [0.717, 1.165) is 5.56 Å². The Morgan fingerprint density at radius 3 is 2.65 bits per heavy atom. The third-order valence-electron chi connectivity index (χ3n) is 2.60. The van der Waals surface area contributed by atoms with E-state index >= 15 is 0 Å². The molecular formula is C13H11ClFNO. The highest BCUT2D eigenvalue weighted by molar-refractivity contribution is 6.17. The van der Waals surface area contributed by atoms with Crippen molar-refractivity contribution in [3.8, 4) is 11.1 Å². The molecule has 88 valence electrons. The lowest BCUT2D eigenvalue weighted by Crippen LogP contribution is -2.14. The van der Waals surface area contributed by atoms with Crippen LogP contribution >= 0.6 is 11.6 Å². The van der Waals surface area contributed by atoms with Crippen LogP contribution in [0.4, 0.5) is 4.39 Å². The second-order valence-electron chi connectivity index (χ2n) is 3.81. The first-order valence-electron chi connectivity index (χ1n) is 5.13. The Balaban J connectivity index is 2.53. The first-order chi connectivity index (χ1) is 8.11. The number of benzene rings is 1. The first kappa shape index (κ1) is 11.9. The number of alkyl halides is 1. The molecule has 0 atom stereocenters. The highest BCUT2D eigenvalue weighted by Crippen LogP contribution is 2.22. The Morgan fingerprint density at radius 1 is 1.29 bits per heavy atom. The first-order valence-corrected chi connectivity index (χ1v) is 5.66. The maximum atomic E-state index is 13.8. The van der Waals surface area contributed by atoms with Crippen molar-refractivity contribution in [2.75, 3.05) is 0 Å². The summed E-state index contributed by atoms with van der Waals surface area (Å²) in [6.07, 6.45) is 1.62. The standard InChI is InChI=1S/C13H11ClFNO/c1-16-5-4-10(7-13(16)17)11-3-2-9(8-14)6-12(11)15/h2-7H,8H2,1H3. The molecule has 2 aromatic rings. The van der Waals surface area contributed by atoms with E-state index in [2.05, 4.69) is 0 Å². The van der Waals surface area contributed by atoms with E-state index in [1.165, 1.54) is 16.7 Å². The molecule has 0 saturated heterocycles. The van der Waals surface area contributed by atoms with Crippen LogP contribution in [0, 0.1) is 5.82 Å². The number of hydrogen-bond acceptors (Lipinski definition) is 1. The number of hydrogen-bond donors (Lipinski definition) is 0. The predicted molar refractivity (Wildman–Crippen MR) is 66.6 cm³/mol. The van der Waals surface area contributed by atoms with Gasteiger partial charge in [-0.3, -0.25) is 4.79 Å². The summed E-state index contributed by atoms with van der Waals surface area (Å²) in [6.45, 7) is 0. The van der Waals surface area contributed by atoms with Crippen molar-refractivity contribution in [2.24, 2.45) is 7.05 Å². The van der Waals surface area contributed by atoms with Crippen LogP contribution < -0.4 is 5.56 Å². The fourth-order valence-electron chi connectivity index (χ4n) is 1.59. The molecule has 17 heavy (non-hydrogen) atoms. The topological polar surface area (TPSA) is 22.0 Å². The molecule has 0 amide bonds. The highest BCUT2D eigenvalue weighted by atomic mass is 35.5. The molecule has 0 N–H and O–H groups in total. The van der Waals surface area contributed by atoms with Crippen LogP contribution in [0.2, 0.25) is 0 Å². The number of halogens is 2. The van der Waals surface area contributed by atoms with Gasteiger partial charge in [-0.2, -0.15) is 0 Å². The van der Waals surface area contributed by atoms with Crippen LogP contribution in [0.3, 0.4) is 0 Å². The van der Waals surface area contributed by atoms with Crippen LogP contribution in [0.5, 0.6) is 0 Å². The predicted octanol–water partition coefficient (Wildman–Crippen LogP) is 2.93. The van der Waals surface area contributed by atoms with Crippen LogP contribution in [-0.4, -0.2) is 4.57 Å². The molecule has 0 aliphatic carbocycles. The van der Waals surface area contributed by atoms with Crippen molar-refractivity contribution in [1.29, 1.82) is 0 Å². The van der Waals surface area contributed by atoms with Gasteiger partial charge in [0.2, 0.25) is 0 Å². The maximum Gasteiger partial charge on any atom is 0.250 e. The van der Waals surface area contributed by atoms with Crippen LogP contribution in [0.1, 0.15) is 5.56 Å². The third kappa shape index (κ3) is 2.39. The second-order valence-corrected chi connectivity index (χ2v) is 4.08. The minimum Gasteiger partial charge on any atom is -0.319 e. The Bertz CT molecular complexity index is 607. The molecule has 2 nitrogen and oxygen atoms in total. The molecular weight excluding hydrogens is 241 g/mol. The van der Waals surface area contributed by atoms with E-state index in [-0.39, 0.29) is 17.3 Å². The zero-order chi connectivity index (χ0) is 12.4. The smallest absolute Gasteiger partial charge is 0.250 e. The van der Waals surface area contributed by atoms with Gasteiger partial charge in [0.05, 0.1) is 0 Å². The average Bonchev–Trinajstić information content (AvgIpc) is 2.32. The summed E-state index contributed by atoms with van der Waals surface area (Å²) in [5.74, 6) is -0.0929. The normalized spacial score (nSPS) is 10.5. The van der Waals surface area contributed by atoms with Gasteiger partial charge in [0.25, 0.3) is 5.56 Å². The van der Waals surface area contributed by atoms with Gasteiger partial charge >= 0.3 is 0 Å². The summed E-state index contributed by atoms with van der Waals surface area (Å²) >= 11 is 5.62. The van der Waals surface area contributed by atoms with Crippen molar-refractivity contribution in [3.05, 3.63) is 58.3 Å². The Kier molecular flexibility index (Phi) is 3.29. The lowest BCUT2D eigenvalue weighted by atomic mass is 10.0. The molecule has 1 aromatic heterocycles. The molecule has 1 aromatic carbocycles. The van der Waals surface area contributed by atoms with E-state index in [4.69, 9.17) is 11.6 Å². The van der Waals surface area contributed by atoms with Gasteiger partial charge in [-0.15, -0.1) is 11.6 Å². The van der Waals surface area contributed by atoms with Gasteiger partial charge in [0.15, 0.2) is 0 Å². The fraction of sp³-hybridized carbons (Fsp3) is 0.154. The van der Waals surface area contributed by atoms with Crippen LogP contribution in [-0.2, 0) is 12.9 Å². The van der Waals surface area contributed by atoms with Crippen LogP contribution in [0.15, 0.2) is 41.3 Å². The number of nitrogens with zero attached hydrogens (tertiary/aromatic N) is 1. The third-order valence-corrected chi connectivity index (χ3v) is 2.91. The molecule has 0 unspecified atom stereocenters. The monoisotopic (exact) mass is 251 g/mol. The largest absolute Gasteiger partial charge is 0.319 e. The van der Waals surface area contributed by atoms with Gasteiger partial charge in [-0.1, -0.05) is 12.1 Å². The molecule has 0 spiro atoms. The Morgan fingerprint density at radius 2 is 2.06 bits per heavy atom. The van der Waals surface area contributed by atoms with E-state index in [9.17, 15) is 9.18 Å². The van der Waals surface area contributed by atoms with Crippen molar-refractivity contribution in [1.82, 2.24) is 4.57 Å². The zero-order valence-electron chi connectivity index (χ0n) is 9.28. The molecule has 4 heteroatoms. The van der Waals surface area contributed by atoms with E-state index in [0.29, 0.717) is 11.1 Å². The molecule has 1 heterocycles. The van der Waals surface area contributed by atoms with Gasteiger partial charge in [0, 0.05) is 30.8 Å². The molecule has 2 rings (SSSR count). The van der Waals surface area contributed by atoms with Gasteiger partial charge in [-0.05, 0) is 23.3 Å². The Hall–Kier alpha value is -1.61. The molecule has 0 radical (unpaired) electrons. The summed E-state index contributed by atoms with van der Waals surface area (Å²) in [5.41, 5.74) is 1.54. The minimum absolute atomic E-state index is 0.164. The lowest BCUT2D eigenvalue weighted by molar-refractivity contribution is 0.630. The van der Waals surface area contributed by atoms with Gasteiger partial charge in [-0.25, -0.2) is 4.39 Å². The molecule has 0 aliphatic heterocycles. The SMILES string of the molecule is Cn1ccc(-c2ccc(CCl)cc2F)cc1=O. The summed E-state index contributed by atoms with van der Waals surface area (Å²) in [5, 5.41) is 0. The maximum absolute atomic E-state index is 13.8. The Labute approximate surface area is 103 Å². The zero-order valence-corrected chi connectivity index (χ0v) is 10.0. The van der Waals surface area contributed by atoms with E-state index < -0.39 is 0 Å². The quantitative estimate of drug-likeness (QED) is 0.753. The van der Waals surface area contributed by atoms with Crippen LogP contribution in [0.25, 0.3) is 11.1 Å². The minimum atomic E-state index is -0.364. The highest BCUT2D eigenvalue weighted by Gasteiger charge is 2.06. The number of rotatable bonds is 2. The van der Waals surface area contributed by atoms with Gasteiger partial charge in [0.1, 0.15) is 5.82 Å². The number of pyridine rings is 1. The van der Waals surface area contributed by atoms with E-state index in [1.807, 2.05) is 0 Å². The van der Waals surface area contributed by atoms with Crippen molar-refractivity contribution in [2.45, 2.75) is 5.88 Å². The van der Waals surface area contributed by atoms with Crippen molar-refractivity contribution in [3.63, 3.8) is 0 Å². The molecule has 0 saturated carbocycles. The molecule has 0 aliphatic rings. The van der Waals surface area contributed by atoms with Crippen molar-refractivity contribution < 1.29 is 4.39 Å². The van der Waals surface area contributed by atoms with Gasteiger partial charge < -0.3 is 4.57 Å². The second kappa shape index (κ2) is 4.72. The summed E-state index contributed by atoms with van der Waals surface area (Å²) in [7, 11) is 1.65. The average molecular weight is 252 g/mol. The van der Waals surface area contributed by atoms with Crippen molar-refractivity contribution >= 4 is 11.6 Å².